The number of aliphatic carboxylic acids is 1. The van der Waals surface area contributed by atoms with Crippen LogP contribution in [0, 0.1) is 0 Å². The first kappa shape index (κ1) is 20.4. The van der Waals surface area contributed by atoms with Crippen LogP contribution < -0.4 is 10.0 Å². The highest BCUT2D eigenvalue weighted by Gasteiger charge is 2.22. The van der Waals surface area contributed by atoms with Gasteiger partial charge in [0.15, 0.2) is 0 Å². The van der Waals surface area contributed by atoms with E-state index in [1.807, 2.05) is 0 Å². The van der Waals surface area contributed by atoms with Crippen LogP contribution in [-0.4, -0.2) is 37.7 Å². The molecule has 0 aliphatic carbocycles. The Morgan fingerprint density at radius 1 is 1.04 bits per heavy atom. The third-order valence-electron chi connectivity index (χ3n) is 3.88. The first-order valence-electron chi connectivity index (χ1n) is 8.49. The molecular weight excluding hydrogens is 368 g/mol. The van der Waals surface area contributed by atoms with Crippen LogP contribution in [0.1, 0.15) is 35.2 Å². The molecule has 3 N–H and O–H groups in total. The van der Waals surface area contributed by atoms with Crippen molar-refractivity contribution < 1.29 is 23.1 Å². The fraction of sp³-hybridized carbons (Fsp3) is 0.263. The van der Waals surface area contributed by atoms with Crippen LogP contribution in [0.15, 0.2) is 54.6 Å². The standard InChI is InChI=1S/C19H22N2O5S/c1-2-12-27(25,26)21-17-11-7-6-10-15(17)18(22)20-13-16(19(23)24)14-8-4-3-5-9-14/h3-11,16,21H,2,12-13H2,1H3,(H,20,22)(H,23,24). The second-order valence-electron chi connectivity index (χ2n) is 5.98. The quantitative estimate of drug-likeness (QED) is 0.609. The van der Waals surface area contributed by atoms with Gasteiger partial charge in [0.05, 0.1) is 22.9 Å². The molecule has 2 aromatic rings. The molecule has 1 amide bonds. The number of nitrogens with one attached hydrogen (secondary N) is 2. The average Bonchev–Trinajstić information content (AvgIpc) is 2.62. The van der Waals surface area contributed by atoms with Crippen molar-refractivity contribution in [3.05, 3.63) is 65.7 Å². The minimum absolute atomic E-state index is 0.0575. The Bertz CT molecular complexity index is 897. The monoisotopic (exact) mass is 390 g/mol. The number of rotatable bonds is 9. The van der Waals surface area contributed by atoms with E-state index < -0.39 is 27.8 Å². The lowest BCUT2D eigenvalue weighted by Crippen LogP contribution is -2.32. The van der Waals surface area contributed by atoms with Crippen LogP contribution in [0.25, 0.3) is 0 Å². The van der Waals surface area contributed by atoms with Crippen molar-refractivity contribution in [3.8, 4) is 0 Å². The second-order valence-corrected chi connectivity index (χ2v) is 7.82. The number of anilines is 1. The van der Waals surface area contributed by atoms with Gasteiger partial charge in [-0.05, 0) is 24.1 Å². The molecule has 0 fully saturated rings. The van der Waals surface area contributed by atoms with Crippen molar-refractivity contribution in [2.45, 2.75) is 19.3 Å². The van der Waals surface area contributed by atoms with E-state index in [9.17, 15) is 23.1 Å². The lowest BCUT2D eigenvalue weighted by molar-refractivity contribution is -0.138. The number of sulfonamides is 1. The summed E-state index contributed by atoms with van der Waals surface area (Å²) in [6.45, 7) is 1.63. The predicted octanol–water partition coefficient (Wildman–Crippen LogP) is 2.44. The topological polar surface area (TPSA) is 113 Å². The van der Waals surface area contributed by atoms with Crippen LogP contribution in [0.3, 0.4) is 0 Å². The molecule has 8 heteroatoms. The minimum atomic E-state index is -3.55. The van der Waals surface area contributed by atoms with Gasteiger partial charge >= 0.3 is 5.97 Å². The molecule has 0 aliphatic heterocycles. The van der Waals surface area contributed by atoms with E-state index in [0.717, 1.165) is 0 Å². The van der Waals surface area contributed by atoms with Crippen molar-refractivity contribution in [1.29, 1.82) is 0 Å². The van der Waals surface area contributed by atoms with Crippen molar-refractivity contribution in [1.82, 2.24) is 5.32 Å². The van der Waals surface area contributed by atoms with Gasteiger partial charge < -0.3 is 10.4 Å². The highest BCUT2D eigenvalue weighted by Crippen LogP contribution is 2.19. The molecule has 0 saturated carbocycles. The normalized spacial score (nSPS) is 12.2. The van der Waals surface area contributed by atoms with Crippen molar-refractivity contribution in [2.24, 2.45) is 0 Å². The molecule has 7 nitrogen and oxygen atoms in total. The van der Waals surface area contributed by atoms with Crippen LogP contribution in [-0.2, 0) is 14.8 Å². The number of carboxylic acid groups (broad SMARTS) is 1. The number of amides is 1. The maximum absolute atomic E-state index is 12.5. The van der Waals surface area contributed by atoms with E-state index in [0.29, 0.717) is 12.0 Å². The van der Waals surface area contributed by atoms with Gasteiger partial charge in [-0.15, -0.1) is 0 Å². The number of benzene rings is 2. The van der Waals surface area contributed by atoms with E-state index >= 15 is 0 Å². The van der Waals surface area contributed by atoms with Gasteiger partial charge in [0, 0.05) is 6.54 Å². The van der Waals surface area contributed by atoms with Crippen molar-refractivity contribution in [2.75, 3.05) is 17.0 Å². The third kappa shape index (κ3) is 5.82. The fourth-order valence-corrected chi connectivity index (χ4v) is 3.73. The number of carbonyl (C=O) groups excluding carboxylic acids is 1. The van der Waals surface area contributed by atoms with Gasteiger partial charge in [-0.1, -0.05) is 49.4 Å². The molecule has 0 saturated heterocycles. The molecule has 144 valence electrons. The molecule has 1 unspecified atom stereocenters. The van der Waals surface area contributed by atoms with Gasteiger partial charge in [-0.3, -0.25) is 14.3 Å². The van der Waals surface area contributed by atoms with Crippen LogP contribution in [0.2, 0.25) is 0 Å². The van der Waals surface area contributed by atoms with Gasteiger partial charge in [0.1, 0.15) is 0 Å². The van der Waals surface area contributed by atoms with Crippen LogP contribution >= 0.6 is 0 Å². The van der Waals surface area contributed by atoms with Gasteiger partial charge in [-0.2, -0.15) is 0 Å². The van der Waals surface area contributed by atoms with Gasteiger partial charge in [0.2, 0.25) is 10.0 Å². The van der Waals surface area contributed by atoms with E-state index in [-0.39, 0.29) is 23.5 Å². The van der Waals surface area contributed by atoms with Gasteiger partial charge in [-0.25, -0.2) is 8.42 Å². The van der Waals surface area contributed by atoms with E-state index in [1.165, 1.54) is 12.1 Å². The highest BCUT2D eigenvalue weighted by molar-refractivity contribution is 7.92. The number of carboxylic acids is 1. The summed E-state index contributed by atoms with van der Waals surface area (Å²) in [5.41, 5.74) is 0.867. The first-order valence-corrected chi connectivity index (χ1v) is 10.1. The Morgan fingerprint density at radius 3 is 2.30 bits per heavy atom. The van der Waals surface area contributed by atoms with Crippen molar-refractivity contribution in [3.63, 3.8) is 0 Å². The molecule has 0 radical (unpaired) electrons. The lowest BCUT2D eigenvalue weighted by atomic mass is 9.99. The Labute approximate surface area is 158 Å². The second kappa shape index (κ2) is 9.18. The van der Waals surface area contributed by atoms with Gasteiger partial charge in [0.25, 0.3) is 5.91 Å². The zero-order chi connectivity index (χ0) is 19.9. The van der Waals surface area contributed by atoms with E-state index in [4.69, 9.17) is 0 Å². The smallest absolute Gasteiger partial charge is 0.312 e. The Hall–Kier alpha value is -2.87. The van der Waals surface area contributed by atoms with Crippen LogP contribution in [0.5, 0.6) is 0 Å². The molecule has 0 aromatic heterocycles. The molecule has 2 rings (SSSR count). The molecule has 0 bridgehead atoms. The number of hydrogen-bond donors (Lipinski definition) is 3. The minimum Gasteiger partial charge on any atom is -0.481 e. The SMILES string of the molecule is CCCS(=O)(=O)Nc1ccccc1C(=O)NCC(C(=O)O)c1ccccc1. The number of hydrogen-bond acceptors (Lipinski definition) is 4. The summed E-state index contributed by atoms with van der Waals surface area (Å²) in [7, 11) is -3.55. The average molecular weight is 390 g/mol. The third-order valence-corrected chi connectivity index (χ3v) is 5.35. The van der Waals surface area contributed by atoms with Crippen LogP contribution in [0.4, 0.5) is 5.69 Å². The summed E-state index contributed by atoms with van der Waals surface area (Å²) in [5, 5.41) is 12.0. The Morgan fingerprint density at radius 2 is 1.67 bits per heavy atom. The fourth-order valence-electron chi connectivity index (χ4n) is 2.58. The summed E-state index contributed by atoms with van der Waals surface area (Å²) < 4.78 is 26.4. The van der Waals surface area contributed by atoms with Crippen molar-refractivity contribution >= 4 is 27.6 Å². The zero-order valence-corrected chi connectivity index (χ0v) is 15.7. The molecule has 0 spiro atoms. The zero-order valence-electron chi connectivity index (χ0n) is 14.9. The molecular formula is C19H22N2O5S. The molecule has 2 aromatic carbocycles. The molecule has 1 atom stereocenters. The Kier molecular flexibility index (Phi) is 6.95. The lowest BCUT2D eigenvalue weighted by Gasteiger charge is -2.15. The predicted molar refractivity (Wildman–Crippen MR) is 103 cm³/mol. The number of carbonyl (C=O) groups is 2. The summed E-state index contributed by atoms with van der Waals surface area (Å²) in [5.74, 6) is -2.57. The highest BCUT2D eigenvalue weighted by atomic mass is 32.2. The maximum Gasteiger partial charge on any atom is 0.312 e. The largest absolute Gasteiger partial charge is 0.481 e. The van der Waals surface area contributed by atoms with E-state index in [2.05, 4.69) is 10.0 Å². The summed E-state index contributed by atoms with van der Waals surface area (Å²) in [6.07, 6.45) is 0.445. The van der Waals surface area contributed by atoms with E-state index in [1.54, 1.807) is 49.4 Å². The summed E-state index contributed by atoms with van der Waals surface area (Å²) in [6, 6.07) is 14.8. The maximum atomic E-state index is 12.5. The Balaban J connectivity index is 2.15. The molecule has 0 aliphatic rings. The summed E-state index contributed by atoms with van der Waals surface area (Å²) in [4.78, 5) is 24.1. The summed E-state index contributed by atoms with van der Waals surface area (Å²) >= 11 is 0. The molecule has 0 heterocycles. The number of para-hydroxylation sites is 1. The molecule has 27 heavy (non-hydrogen) atoms. The first-order chi connectivity index (χ1) is 12.8.